The number of aromatic hydroxyl groups is 6. The molecule has 0 amide bonds. The van der Waals surface area contributed by atoms with Gasteiger partial charge in [0.05, 0.1) is 0 Å². The molecule has 0 aromatic heterocycles. The number of hydrogen-bond acceptors (Lipinski definition) is 6. The van der Waals surface area contributed by atoms with Crippen LogP contribution in [0.25, 0.3) is 98.0 Å². The number of phenolic OH excluding ortho intramolecular Hbond substituents is 6. The topological polar surface area (TPSA) is 121 Å². The van der Waals surface area contributed by atoms with E-state index in [0.29, 0.717) is 17.2 Å². The molecule has 15 rings (SSSR count). The van der Waals surface area contributed by atoms with Crippen molar-refractivity contribution < 1.29 is 30.6 Å². The molecule has 15 aromatic carbocycles. The molecule has 446 valence electrons. The minimum atomic E-state index is -0.00762. The molecule has 91 heavy (non-hydrogen) atoms. The van der Waals surface area contributed by atoms with E-state index in [1.54, 1.807) is 36.4 Å². The Balaban J connectivity index is 0.000000126. The SMILES string of the molecule is Cc1cc(-c2ccc(O)cc2)cc(C(C)c2c3ccccc3cc3ccccc23)c1O.Cc1cc(-c2ccc(O)cc2)cc(C(C)c2ccc3ccc4cccc5ccc2c3c45)c1O.Cc1cc(-c2ccc(O)cc2)cc(C(C)c2cccc3ccccc23)c1O. The molecule has 0 saturated heterocycles. The fraction of sp³-hybridized carbons (Fsp3) is 0.106. The van der Waals surface area contributed by atoms with Crippen molar-refractivity contribution in [2.75, 3.05) is 0 Å². The lowest BCUT2D eigenvalue weighted by molar-refractivity contribution is 0.461. The van der Waals surface area contributed by atoms with Gasteiger partial charge in [0.15, 0.2) is 0 Å². The van der Waals surface area contributed by atoms with E-state index in [2.05, 4.69) is 185 Å². The smallest absolute Gasteiger partial charge is 0.122 e. The Labute approximate surface area is 530 Å². The first-order valence-corrected chi connectivity index (χ1v) is 31.0. The molecular weight excluding hydrogens is 1120 g/mol. The van der Waals surface area contributed by atoms with Gasteiger partial charge in [0, 0.05) is 34.4 Å². The average Bonchev–Trinajstić information content (AvgIpc) is 0.772. The number of aryl methyl sites for hydroxylation is 3. The molecule has 0 fully saturated rings. The van der Waals surface area contributed by atoms with Gasteiger partial charge in [0.2, 0.25) is 0 Å². The fourth-order valence-corrected chi connectivity index (χ4v) is 13.6. The van der Waals surface area contributed by atoms with Gasteiger partial charge in [-0.15, -0.1) is 0 Å². The zero-order valence-electron chi connectivity index (χ0n) is 51.7. The summed E-state index contributed by atoms with van der Waals surface area (Å²) >= 11 is 0. The van der Waals surface area contributed by atoms with Crippen molar-refractivity contribution in [2.24, 2.45) is 0 Å². The second-order valence-corrected chi connectivity index (χ2v) is 24.3. The molecule has 15 aromatic rings. The normalized spacial score (nSPS) is 12.4. The van der Waals surface area contributed by atoms with Crippen LogP contribution in [-0.2, 0) is 0 Å². The second-order valence-electron chi connectivity index (χ2n) is 24.3. The number of hydrogen-bond donors (Lipinski definition) is 6. The molecule has 3 atom stereocenters. The highest BCUT2D eigenvalue weighted by molar-refractivity contribution is 6.23. The summed E-state index contributed by atoms with van der Waals surface area (Å²) < 4.78 is 0. The monoisotopic (exact) mass is 1190 g/mol. The number of phenols is 6. The summed E-state index contributed by atoms with van der Waals surface area (Å²) in [7, 11) is 0. The van der Waals surface area contributed by atoms with Crippen molar-refractivity contribution in [3.63, 3.8) is 0 Å². The highest BCUT2D eigenvalue weighted by Crippen LogP contribution is 2.46. The highest BCUT2D eigenvalue weighted by atomic mass is 16.3. The molecule has 0 aliphatic heterocycles. The van der Waals surface area contributed by atoms with Gasteiger partial charge < -0.3 is 30.6 Å². The Morgan fingerprint density at radius 1 is 0.231 bits per heavy atom. The minimum absolute atomic E-state index is 0.00494. The molecule has 0 aliphatic rings. The fourth-order valence-electron chi connectivity index (χ4n) is 13.6. The number of rotatable bonds is 9. The van der Waals surface area contributed by atoms with Gasteiger partial charge in [-0.3, -0.25) is 0 Å². The Kier molecular flexibility index (Phi) is 15.8. The van der Waals surface area contributed by atoms with E-state index in [-0.39, 0.29) is 35.0 Å². The molecule has 6 nitrogen and oxygen atoms in total. The maximum absolute atomic E-state index is 11.0. The Hall–Kier alpha value is -11.1. The first-order valence-electron chi connectivity index (χ1n) is 31.0. The van der Waals surface area contributed by atoms with Crippen LogP contribution in [0.5, 0.6) is 34.5 Å². The summed E-state index contributed by atoms with van der Waals surface area (Å²) in [6, 6.07) is 87.3. The van der Waals surface area contributed by atoms with Crippen LogP contribution in [0.15, 0.2) is 261 Å². The van der Waals surface area contributed by atoms with Gasteiger partial charge in [0.25, 0.3) is 0 Å². The number of fused-ring (bicyclic) bond motifs is 3. The van der Waals surface area contributed by atoms with E-state index in [4.69, 9.17) is 0 Å². The van der Waals surface area contributed by atoms with Crippen molar-refractivity contribution in [1.82, 2.24) is 0 Å². The zero-order chi connectivity index (χ0) is 63.2. The molecule has 6 heteroatoms. The Bertz CT molecular complexity index is 5130. The van der Waals surface area contributed by atoms with E-state index in [9.17, 15) is 30.6 Å². The predicted molar refractivity (Wildman–Crippen MR) is 378 cm³/mol. The second kappa shape index (κ2) is 24.5. The molecule has 0 saturated carbocycles. The maximum Gasteiger partial charge on any atom is 0.122 e. The van der Waals surface area contributed by atoms with Crippen LogP contribution in [0.1, 0.15) is 88.6 Å². The van der Waals surface area contributed by atoms with E-state index < -0.39 is 0 Å². The summed E-state index contributed by atoms with van der Waals surface area (Å²) in [4.78, 5) is 0. The van der Waals surface area contributed by atoms with Crippen LogP contribution >= 0.6 is 0 Å². The molecule has 0 bridgehead atoms. The van der Waals surface area contributed by atoms with Crippen molar-refractivity contribution in [3.05, 3.63) is 311 Å². The standard InChI is InChI=1S/C31H24O2.C29H24O2.C25H22O2/c1-18-16-24(20-8-12-25(32)13-9-20)17-28(31(18)33)19(2)26-14-10-23-7-6-21-4-3-5-22-11-15-27(26)30(23)29(21)22;1-18-15-23(20-11-13-24(30)14-12-20)17-27(29(18)31)19(2)28-25-9-5-3-7-21(25)16-22-8-4-6-10-26(22)28;1-16-14-20(18-10-12-21(26)13-11-18)15-24(25(16)27)17(2)22-9-5-7-19-6-3-4-8-23(19)22/h3-17,19,32-33H,1-2H3;3-17,19,30-31H,1-2H3;3-15,17,26-27H,1-2H3. The van der Waals surface area contributed by atoms with Crippen molar-refractivity contribution in [3.8, 4) is 67.9 Å². The first-order chi connectivity index (χ1) is 44.1. The molecular formula is C85H70O6. The van der Waals surface area contributed by atoms with Gasteiger partial charge in [-0.05, 0) is 231 Å². The minimum Gasteiger partial charge on any atom is -0.508 e. The molecule has 3 unspecified atom stereocenters. The maximum atomic E-state index is 11.0. The van der Waals surface area contributed by atoms with Crippen LogP contribution in [0.2, 0.25) is 0 Å². The van der Waals surface area contributed by atoms with Crippen molar-refractivity contribution >= 4 is 64.6 Å². The van der Waals surface area contributed by atoms with Crippen LogP contribution in [0.3, 0.4) is 0 Å². The largest absolute Gasteiger partial charge is 0.508 e. The molecule has 0 spiro atoms. The van der Waals surface area contributed by atoms with Crippen LogP contribution < -0.4 is 0 Å². The lowest BCUT2D eigenvalue weighted by Crippen LogP contribution is -2.01. The molecule has 0 heterocycles. The number of benzene rings is 15. The lowest BCUT2D eigenvalue weighted by atomic mass is 9.83. The van der Waals surface area contributed by atoms with E-state index in [0.717, 1.165) is 66.8 Å². The molecule has 6 N–H and O–H groups in total. The Morgan fingerprint density at radius 2 is 0.571 bits per heavy atom. The van der Waals surface area contributed by atoms with Gasteiger partial charge in [-0.25, -0.2) is 0 Å². The van der Waals surface area contributed by atoms with E-state index in [1.165, 1.54) is 81.3 Å². The van der Waals surface area contributed by atoms with Gasteiger partial charge >= 0.3 is 0 Å². The van der Waals surface area contributed by atoms with Crippen LogP contribution in [0.4, 0.5) is 0 Å². The highest BCUT2D eigenvalue weighted by Gasteiger charge is 2.24. The van der Waals surface area contributed by atoms with E-state index >= 15 is 0 Å². The average molecular weight is 1190 g/mol. The third-order valence-corrected chi connectivity index (χ3v) is 18.6. The quantitative estimate of drug-likeness (QED) is 0.0633. The zero-order valence-corrected chi connectivity index (χ0v) is 51.7. The van der Waals surface area contributed by atoms with Gasteiger partial charge in [-0.1, -0.05) is 203 Å². The van der Waals surface area contributed by atoms with Crippen LogP contribution in [-0.4, -0.2) is 30.6 Å². The summed E-state index contributed by atoms with van der Waals surface area (Å²) in [5.74, 6) is 1.81. The van der Waals surface area contributed by atoms with Crippen molar-refractivity contribution in [1.29, 1.82) is 0 Å². The molecule has 0 radical (unpaired) electrons. The summed E-state index contributed by atoms with van der Waals surface area (Å²) in [6.07, 6.45) is 0. The predicted octanol–water partition coefficient (Wildman–Crippen LogP) is 22.0. The summed E-state index contributed by atoms with van der Waals surface area (Å²) in [5.41, 5.74) is 15.0. The lowest BCUT2D eigenvalue weighted by Gasteiger charge is -2.21. The Morgan fingerprint density at radius 3 is 1.03 bits per heavy atom. The van der Waals surface area contributed by atoms with Gasteiger partial charge in [0.1, 0.15) is 34.5 Å². The van der Waals surface area contributed by atoms with Gasteiger partial charge in [-0.2, -0.15) is 0 Å². The summed E-state index contributed by atoms with van der Waals surface area (Å²) in [6.45, 7) is 12.3. The molecule has 0 aliphatic carbocycles. The van der Waals surface area contributed by atoms with Crippen molar-refractivity contribution in [2.45, 2.75) is 59.3 Å². The third kappa shape index (κ3) is 11.3. The third-order valence-electron chi connectivity index (χ3n) is 18.6. The van der Waals surface area contributed by atoms with E-state index in [1.807, 2.05) is 81.4 Å². The van der Waals surface area contributed by atoms with Crippen LogP contribution in [0, 0.1) is 20.8 Å². The first kappa shape index (κ1) is 58.9. The summed E-state index contributed by atoms with van der Waals surface area (Å²) in [5, 5.41) is 76.6.